The van der Waals surface area contributed by atoms with E-state index in [2.05, 4.69) is 0 Å². The molecule has 0 heterocycles. The van der Waals surface area contributed by atoms with Crippen LogP contribution >= 0.6 is 0 Å². The number of hydrogen-bond acceptors (Lipinski definition) is 4. The Morgan fingerprint density at radius 2 is 1.87 bits per heavy atom. The molecule has 2 rings (SSSR count). The summed E-state index contributed by atoms with van der Waals surface area (Å²) in [6.07, 6.45) is 1.42. The van der Waals surface area contributed by atoms with Crippen molar-refractivity contribution in [2.24, 2.45) is 0 Å². The summed E-state index contributed by atoms with van der Waals surface area (Å²) in [5.74, 6) is -0.193. The van der Waals surface area contributed by atoms with Crippen LogP contribution in [-0.2, 0) is 10.0 Å². The van der Waals surface area contributed by atoms with E-state index < -0.39 is 15.9 Å². The fourth-order valence-electron chi connectivity index (χ4n) is 1.85. The second kappa shape index (κ2) is 7.60. The van der Waals surface area contributed by atoms with E-state index >= 15 is 0 Å². The highest BCUT2D eigenvalue weighted by Crippen LogP contribution is 2.13. The van der Waals surface area contributed by atoms with Crippen molar-refractivity contribution in [2.75, 3.05) is 6.61 Å². The van der Waals surface area contributed by atoms with Gasteiger partial charge in [0.15, 0.2) is 0 Å². The van der Waals surface area contributed by atoms with Gasteiger partial charge in [-0.1, -0.05) is 36.4 Å². The van der Waals surface area contributed by atoms with Crippen LogP contribution in [0, 0.1) is 0 Å². The first-order chi connectivity index (χ1) is 11.0. The van der Waals surface area contributed by atoms with E-state index in [0.29, 0.717) is 12.4 Å². The molecule has 0 unspecified atom stereocenters. The van der Waals surface area contributed by atoms with Gasteiger partial charge in [-0.15, -0.1) is 0 Å². The van der Waals surface area contributed by atoms with Gasteiger partial charge >= 0.3 is 0 Å². The predicted molar refractivity (Wildman–Crippen MR) is 89.5 cm³/mol. The zero-order valence-electron chi connectivity index (χ0n) is 12.6. The highest BCUT2D eigenvalue weighted by atomic mass is 32.2. The van der Waals surface area contributed by atoms with Crippen molar-refractivity contribution in [1.29, 1.82) is 0 Å². The molecule has 2 aromatic carbocycles. The van der Waals surface area contributed by atoms with Gasteiger partial charge < -0.3 is 4.74 Å². The normalized spacial score (nSPS) is 11.3. The van der Waals surface area contributed by atoms with E-state index in [1.165, 1.54) is 18.2 Å². The predicted octanol–water partition coefficient (Wildman–Crippen LogP) is 2.82. The molecule has 6 heteroatoms. The molecule has 0 saturated heterocycles. The van der Waals surface area contributed by atoms with Gasteiger partial charge in [-0.05, 0) is 36.8 Å². The molecule has 0 saturated carbocycles. The highest BCUT2D eigenvalue weighted by Gasteiger charge is 2.13. The Balaban J connectivity index is 2.09. The molecular formula is C17H17NO4S. The molecule has 0 aliphatic carbocycles. The first-order valence-electron chi connectivity index (χ1n) is 7.03. The minimum atomic E-state index is -3.87. The van der Waals surface area contributed by atoms with Gasteiger partial charge in [0.05, 0.1) is 12.0 Å². The molecule has 0 aliphatic rings. The van der Waals surface area contributed by atoms with Crippen molar-refractivity contribution in [3.8, 4) is 5.75 Å². The Labute approximate surface area is 135 Å². The fraction of sp³-hybridized carbons (Fsp3) is 0.118. The first-order valence-corrected chi connectivity index (χ1v) is 8.58. The van der Waals surface area contributed by atoms with Gasteiger partial charge in [0.2, 0.25) is 0 Å². The van der Waals surface area contributed by atoms with E-state index in [1.807, 2.05) is 17.7 Å². The fourth-order valence-corrected chi connectivity index (χ4v) is 2.63. The summed E-state index contributed by atoms with van der Waals surface area (Å²) >= 11 is 0. The van der Waals surface area contributed by atoms with Gasteiger partial charge in [0.1, 0.15) is 5.75 Å². The van der Waals surface area contributed by atoms with Crippen LogP contribution < -0.4 is 9.46 Å². The van der Waals surface area contributed by atoms with Crippen molar-refractivity contribution in [2.45, 2.75) is 6.92 Å². The monoisotopic (exact) mass is 331 g/mol. The Kier molecular flexibility index (Phi) is 5.54. The van der Waals surface area contributed by atoms with Crippen LogP contribution in [0.25, 0.3) is 6.08 Å². The molecule has 0 spiro atoms. The summed E-state index contributed by atoms with van der Waals surface area (Å²) in [6.45, 7) is 2.29. The zero-order valence-corrected chi connectivity index (χ0v) is 13.4. The lowest BCUT2D eigenvalue weighted by molar-refractivity contribution is 0.0981. The Hall–Kier alpha value is -2.60. The summed E-state index contributed by atoms with van der Waals surface area (Å²) in [5.41, 5.74) is 0.941. The molecule has 0 bridgehead atoms. The van der Waals surface area contributed by atoms with Gasteiger partial charge in [-0.2, -0.15) is 0 Å². The number of carbonyl (C=O) groups excluding carboxylic acids is 1. The third-order valence-electron chi connectivity index (χ3n) is 2.88. The molecule has 1 N–H and O–H groups in total. The number of amides is 1. The van der Waals surface area contributed by atoms with Crippen LogP contribution in [0.1, 0.15) is 22.8 Å². The van der Waals surface area contributed by atoms with Crippen molar-refractivity contribution in [3.63, 3.8) is 0 Å². The van der Waals surface area contributed by atoms with Crippen LogP contribution in [0.15, 0.2) is 60.0 Å². The Morgan fingerprint density at radius 3 is 2.57 bits per heavy atom. The minimum absolute atomic E-state index is 0.215. The topological polar surface area (TPSA) is 72.5 Å². The second-order valence-electron chi connectivity index (χ2n) is 4.65. The number of hydrogen-bond donors (Lipinski definition) is 1. The quantitative estimate of drug-likeness (QED) is 0.883. The zero-order chi connectivity index (χ0) is 16.7. The Morgan fingerprint density at radius 1 is 1.13 bits per heavy atom. The van der Waals surface area contributed by atoms with Gasteiger partial charge in [-0.3, -0.25) is 4.79 Å². The SMILES string of the molecule is CCOc1cccc(C(=O)NS(=O)(=O)/C=C/c2ccccc2)c1. The molecule has 0 aromatic heterocycles. The smallest absolute Gasteiger partial charge is 0.265 e. The molecule has 23 heavy (non-hydrogen) atoms. The number of sulfonamides is 1. The lowest BCUT2D eigenvalue weighted by Crippen LogP contribution is -2.28. The number of nitrogens with one attached hydrogen (secondary N) is 1. The van der Waals surface area contributed by atoms with Crippen molar-refractivity contribution in [3.05, 3.63) is 71.1 Å². The summed E-state index contributed by atoms with van der Waals surface area (Å²) in [4.78, 5) is 12.0. The van der Waals surface area contributed by atoms with Crippen LogP contribution in [-0.4, -0.2) is 20.9 Å². The van der Waals surface area contributed by atoms with Gasteiger partial charge in [0, 0.05) is 5.56 Å². The lowest BCUT2D eigenvalue weighted by Gasteiger charge is -2.06. The van der Waals surface area contributed by atoms with E-state index in [0.717, 1.165) is 11.0 Å². The molecule has 0 aliphatic heterocycles. The number of rotatable bonds is 6. The highest BCUT2D eigenvalue weighted by molar-refractivity contribution is 7.93. The maximum Gasteiger partial charge on any atom is 0.265 e. The van der Waals surface area contributed by atoms with Crippen LogP contribution in [0.3, 0.4) is 0 Å². The lowest BCUT2D eigenvalue weighted by atomic mass is 10.2. The van der Waals surface area contributed by atoms with Crippen molar-refractivity contribution < 1.29 is 17.9 Å². The maximum absolute atomic E-state index is 12.0. The van der Waals surface area contributed by atoms with Crippen LogP contribution in [0.4, 0.5) is 0 Å². The number of ether oxygens (including phenoxy) is 1. The average Bonchev–Trinajstić information content (AvgIpc) is 2.54. The molecule has 120 valence electrons. The molecule has 1 amide bonds. The molecule has 2 aromatic rings. The standard InChI is InChI=1S/C17H17NO4S/c1-2-22-16-10-6-9-15(13-16)17(19)18-23(20,21)12-11-14-7-4-3-5-8-14/h3-13H,2H2,1H3,(H,18,19)/b12-11+. The molecule has 5 nitrogen and oxygen atoms in total. The summed E-state index contributed by atoms with van der Waals surface area (Å²) in [6, 6.07) is 15.3. The van der Waals surface area contributed by atoms with Gasteiger partial charge in [0.25, 0.3) is 15.9 Å². The van der Waals surface area contributed by atoms with E-state index in [1.54, 1.807) is 36.4 Å². The van der Waals surface area contributed by atoms with E-state index in [4.69, 9.17) is 4.74 Å². The van der Waals surface area contributed by atoms with Crippen molar-refractivity contribution in [1.82, 2.24) is 4.72 Å². The third-order valence-corrected chi connectivity index (χ3v) is 3.85. The van der Waals surface area contributed by atoms with E-state index in [9.17, 15) is 13.2 Å². The largest absolute Gasteiger partial charge is 0.494 e. The molecular weight excluding hydrogens is 314 g/mol. The summed E-state index contributed by atoms with van der Waals surface area (Å²) in [7, 11) is -3.87. The van der Waals surface area contributed by atoms with Crippen LogP contribution in [0.5, 0.6) is 5.75 Å². The van der Waals surface area contributed by atoms with Gasteiger partial charge in [-0.25, -0.2) is 13.1 Å². The summed E-state index contributed by atoms with van der Waals surface area (Å²) < 4.78 is 31.2. The van der Waals surface area contributed by atoms with Crippen LogP contribution in [0.2, 0.25) is 0 Å². The van der Waals surface area contributed by atoms with E-state index in [-0.39, 0.29) is 5.56 Å². The second-order valence-corrected chi connectivity index (χ2v) is 6.22. The first kappa shape index (κ1) is 16.8. The summed E-state index contributed by atoms with van der Waals surface area (Å²) in [5, 5.41) is 0.965. The number of benzene rings is 2. The van der Waals surface area contributed by atoms with Crippen molar-refractivity contribution >= 4 is 22.0 Å². The third kappa shape index (κ3) is 5.27. The molecule has 0 atom stereocenters. The minimum Gasteiger partial charge on any atom is -0.494 e. The Bertz CT molecular complexity index is 798. The molecule has 0 radical (unpaired) electrons. The molecule has 0 fully saturated rings. The maximum atomic E-state index is 12.0. The number of carbonyl (C=O) groups is 1. The average molecular weight is 331 g/mol.